The number of nitrogens with zero attached hydrogens (tertiary/aromatic N) is 3. The Morgan fingerprint density at radius 2 is 1.71 bits per heavy atom. The highest BCUT2D eigenvalue weighted by molar-refractivity contribution is 7.07. The summed E-state index contributed by atoms with van der Waals surface area (Å²) in [6.45, 7) is 0. The molecule has 0 saturated carbocycles. The average molecular weight is 401 g/mol. The number of thiazole rings is 1. The summed E-state index contributed by atoms with van der Waals surface area (Å²) in [7, 11) is 6.32. The van der Waals surface area contributed by atoms with Crippen LogP contribution in [0.5, 0.6) is 17.2 Å². The first-order valence-electron chi connectivity index (χ1n) is 8.35. The zero-order valence-corrected chi connectivity index (χ0v) is 16.8. The number of rotatable bonds is 6. The van der Waals surface area contributed by atoms with E-state index in [1.165, 1.54) is 17.4 Å². The number of methoxy groups -OCH3 is 3. The van der Waals surface area contributed by atoms with Gasteiger partial charge in [0, 0.05) is 23.6 Å². The van der Waals surface area contributed by atoms with E-state index in [4.69, 9.17) is 14.2 Å². The van der Waals surface area contributed by atoms with Gasteiger partial charge in [-0.1, -0.05) is 12.1 Å². The van der Waals surface area contributed by atoms with Gasteiger partial charge in [-0.25, -0.2) is 9.07 Å². The standard InChI is InChI=1S/C20H20FN3O3S/c1-22-20-24(16(12-28-20)14-7-5-6-8-15(14)21)23-11-13-9-17(25-2)19(27-4)18(10-13)26-3/h5-12H,1-4H3/b22-20?,23-11-. The molecular formula is C20H20FN3O3S. The lowest BCUT2D eigenvalue weighted by molar-refractivity contribution is 0.324. The second kappa shape index (κ2) is 8.71. The number of hydrogen-bond donors (Lipinski definition) is 0. The lowest BCUT2D eigenvalue weighted by Gasteiger charge is -2.12. The molecule has 1 aromatic heterocycles. The van der Waals surface area contributed by atoms with Crippen LogP contribution >= 0.6 is 11.3 Å². The van der Waals surface area contributed by atoms with Crippen LogP contribution in [0.3, 0.4) is 0 Å². The topological polar surface area (TPSA) is 57.3 Å². The average Bonchev–Trinajstić information content (AvgIpc) is 3.14. The molecule has 2 aromatic carbocycles. The first kappa shape index (κ1) is 19.6. The van der Waals surface area contributed by atoms with Crippen molar-refractivity contribution in [3.8, 4) is 28.5 Å². The Hall–Kier alpha value is -3.13. The maximum atomic E-state index is 14.3. The van der Waals surface area contributed by atoms with Crippen molar-refractivity contribution in [3.63, 3.8) is 0 Å². The van der Waals surface area contributed by atoms with Crippen LogP contribution in [0.15, 0.2) is 51.9 Å². The van der Waals surface area contributed by atoms with Crippen molar-refractivity contribution in [3.05, 3.63) is 58.0 Å². The molecule has 0 amide bonds. The van der Waals surface area contributed by atoms with Gasteiger partial charge in [-0.3, -0.25) is 4.99 Å². The number of hydrogen-bond acceptors (Lipinski definition) is 6. The minimum Gasteiger partial charge on any atom is -0.493 e. The van der Waals surface area contributed by atoms with E-state index in [1.54, 1.807) is 69.6 Å². The Balaban J connectivity index is 2.09. The summed E-state index contributed by atoms with van der Waals surface area (Å²) in [6, 6.07) is 10.1. The van der Waals surface area contributed by atoms with Crippen molar-refractivity contribution in [2.45, 2.75) is 0 Å². The number of ether oxygens (including phenoxy) is 3. The molecule has 0 aliphatic carbocycles. The molecule has 0 unspecified atom stereocenters. The zero-order valence-electron chi connectivity index (χ0n) is 16.0. The molecule has 1 heterocycles. The molecule has 0 aliphatic rings. The van der Waals surface area contributed by atoms with Crippen molar-refractivity contribution in [2.75, 3.05) is 28.4 Å². The van der Waals surface area contributed by atoms with Gasteiger partial charge in [0.1, 0.15) is 5.82 Å². The van der Waals surface area contributed by atoms with Crippen molar-refractivity contribution in [2.24, 2.45) is 10.1 Å². The van der Waals surface area contributed by atoms with Gasteiger partial charge < -0.3 is 14.2 Å². The largest absolute Gasteiger partial charge is 0.493 e. The van der Waals surface area contributed by atoms with Crippen LogP contribution in [0, 0.1) is 5.82 Å². The van der Waals surface area contributed by atoms with E-state index < -0.39 is 0 Å². The maximum absolute atomic E-state index is 14.3. The summed E-state index contributed by atoms with van der Waals surface area (Å²) in [5.41, 5.74) is 1.80. The van der Waals surface area contributed by atoms with Crippen molar-refractivity contribution < 1.29 is 18.6 Å². The van der Waals surface area contributed by atoms with E-state index in [0.717, 1.165) is 5.56 Å². The fourth-order valence-electron chi connectivity index (χ4n) is 2.72. The first-order valence-corrected chi connectivity index (χ1v) is 9.23. The van der Waals surface area contributed by atoms with E-state index >= 15 is 0 Å². The molecule has 146 valence electrons. The fourth-order valence-corrected chi connectivity index (χ4v) is 3.51. The van der Waals surface area contributed by atoms with Crippen LogP contribution in [-0.2, 0) is 0 Å². The van der Waals surface area contributed by atoms with Crippen LogP contribution in [0.25, 0.3) is 11.3 Å². The summed E-state index contributed by atoms with van der Waals surface area (Å²) < 4.78 is 32.0. The van der Waals surface area contributed by atoms with Crippen LogP contribution in [-0.4, -0.2) is 39.3 Å². The summed E-state index contributed by atoms with van der Waals surface area (Å²) in [5, 5.41) is 6.35. The fraction of sp³-hybridized carbons (Fsp3) is 0.200. The SMILES string of the molecule is CN=c1scc(-c2ccccc2F)n1/N=C\c1cc(OC)c(OC)c(OC)c1. The molecule has 0 fully saturated rings. The minimum atomic E-state index is -0.320. The molecule has 0 N–H and O–H groups in total. The summed E-state index contributed by atoms with van der Waals surface area (Å²) in [4.78, 5) is 4.87. The first-order chi connectivity index (χ1) is 13.6. The smallest absolute Gasteiger partial charge is 0.205 e. The number of aromatic nitrogens is 1. The molecule has 0 atom stereocenters. The molecule has 3 aromatic rings. The second-order valence-electron chi connectivity index (χ2n) is 5.62. The lowest BCUT2D eigenvalue weighted by atomic mass is 10.1. The Bertz CT molecular complexity index is 1050. The van der Waals surface area contributed by atoms with Crippen molar-refractivity contribution in [1.82, 2.24) is 4.68 Å². The van der Waals surface area contributed by atoms with Crippen molar-refractivity contribution in [1.29, 1.82) is 0 Å². The Kier molecular flexibility index (Phi) is 6.10. The van der Waals surface area contributed by atoms with Crippen LogP contribution in [0.1, 0.15) is 5.56 Å². The number of halogens is 1. The van der Waals surface area contributed by atoms with Gasteiger partial charge in [0.15, 0.2) is 11.5 Å². The monoisotopic (exact) mass is 401 g/mol. The van der Waals surface area contributed by atoms with E-state index in [1.807, 2.05) is 5.38 Å². The van der Waals surface area contributed by atoms with Crippen molar-refractivity contribution >= 4 is 17.6 Å². The normalized spacial score (nSPS) is 11.8. The molecule has 0 radical (unpaired) electrons. The molecule has 0 spiro atoms. The van der Waals surface area contributed by atoms with Gasteiger partial charge in [-0.15, -0.1) is 11.3 Å². The third-order valence-electron chi connectivity index (χ3n) is 4.04. The highest BCUT2D eigenvalue weighted by atomic mass is 32.1. The molecule has 0 saturated heterocycles. The van der Waals surface area contributed by atoms with E-state index in [-0.39, 0.29) is 5.82 Å². The van der Waals surface area contributed by atoms with Gasteiger partial charge >= 0.3 is 0 Å². The predicted molar refractivity (Wildman–Crippen MR) is 108 cm³/mol. The summed E-state index contributed by atoms with van der Waals surface area (Å²) >= 11 is 1.38. The van der Waals surface area contributed by atoms with Gasteiger partial charge in [0.25, 0.3) is 0 Å². The second-order valence-corrected chi connectivity index (χ2v) is 6.46. The Morgan fingerprint density at radius 3 is 2.29 bits per heavy atom. The minimum absolute atomic E-state index is 0.320. The zero-order chi connectivity index (χ0) is 20.1. The van der Waals surface area contributed by atoms with Crippen LogP contribution in [0.4, 0.5) is 4.39 Å². The third kappa shape index (κ3) is 3.77. The van der Waals surface area contributed by atoms with E-state index in [0.29, 0.717) is 33.3 Å². The summed E-state index contributed by atoms with van der Waals surface area (Å²) in [5.74, 6) is 1.23. The quantitative estimate of drug-likeness (QED) is 0.591. The van der Waals surface area contributed by atoms with Crippen LogP contribution in [0.2, 0.25) is 0 Å². The molecule has 28 heavy (non-hydrogen) atoms. The lowest BCUT2D eigenvalue weighted by Crippen LogP contribution is -2.12. The summed E-state index contributed by atoms with van der Waals surface area (Å²) in [6.07, 6.45) is 1.64. The van der Waals surface area contributed by atoms with Gasteiger partial charge in [-0.05, 0) is 24.3 Å². The van der Waals surface area contributed by atoms with Gasteiger partial charge in [0.2, 0.25) is 10.6 Å². The van der Waals surface area contributed by atoms with Gasteiger partial charge in [0.05, 0.1) is 33.2 Å². The molecular weight excluding hydrogens is 381 g/mol. The third-order valence-corrected chi connectivity index (χ3v) is 4.94. The number of benzene rings is 2. The predicted octanol–water partition coefficient (Wildman–Crippen LogP) is 3.79. The Morgan fingerprint density at radius 1 is 1.04 bits per heavy atom. The van der Waals surface area contributed by atoms with Gasteiger partial charge in [-0.2, -0.15) is 5.10 Å². The molecule has 0 aliphatic heterocycles. The van der Waals surface area contributed by atoms with Crippen LogP contribution < -0.4 is 19.0 Å². The molecule has 3 rings (SSSR count). The highest BCUT2D eigenvalue weighted by Crippen LogP contribution is 2.37. The maximum Gasteiger partial charge on any atom is 0.205 e. The van der Waals surface area contributed by atoms with E-state index in [9.17, 15) is 4.39 Å². The molecule has 0 bridgehead atoms. The van der Waals surface area contributed by atoms with E-state index in [2.05, 4.69) is 10.1 Å². The Labute approximate surface area is 166 Å². The molecule has 8 heteroatoms. The highest BCUT2D eigenvalue weighted by Gasteiger charge is 2.14. The molecule has 6 nitrogen and oxygen atoms in total.